The summed E-state index contributed by atoms with van der Waals surface area (Å²) in [7, 11) is 0. The number of benzene rings is 1. The lowest BCUT2D eigenvalue weighted by atomic mass is 10.3. The van der Waals surface area contributed by atoms with Crippen molar-refractivity contribution in [3.05, 3.63) is 61.1 Å². The number of aromatic nitrogens is 6. The Labute approximate surface area is 132 Å². The van der Waals surface area contributed by atoms with Gasteiger partial charge in [0.15, 0.2) is 5.65 Å². The molecule has 0 saturated heterocycles. The average molecular weight is 305 g/mol. The Balaban J connectivity index is 1.73. The van der Waals surface area contributed by atoms with Crippen molar-refractivity contribution in [3.63, 3.8) is 0 Å². The molecule has 23 heavy (non-hydrogen) atoms. The van der Waals surface area contributed by atoms with Gasteiger partial charge in [0.1, 0.15) is 18.0 Å². The molecule has 3 heterocycles. The van der Waals surface area contributed by atoms with Crippen molar-refractivity contribution < 1.29 is 0 Å². The maximum absolute atomic E-state index is 4.45. The van der Waals surface area contributed by atoms with Crippen molar-refractivity contribution in [1.29, 1.82) is 0 Å². The lowest BCUT2D eigenvalue weighted by Crippen LogP contribution is -2.10. The molecule has 0 aliphatic heterocycles. The largest absolute Gasteiger partial charge is 0.360 e. The Morgan fingerprint density at radius 1 is 1.13 bits per heavy atom. The summed E-state index contributed by atoms with van der Waals surface area (Å²) in [6.45, 7) is 2.02. The molecule has 0 aliphatic carbocycles. The van der Waals surface area contributed by atoms with Crippen molar-refractivity contribution >= 4 is 16.9 Å². The number of rotatable bonds is 4. The van der Waals surface area contributed by atoms with E-state index < -0.39 is 0 Å². The van der Waals surface area contributed by atoms with Crippen molar-refractivity contribution in [2.45, 2.75) is 13.0 Å². The Morgan fingerprint density at radius 2 is 2.00 bits per heavy atom. The summed E-state index contributed by atoms with van der Waals surface area (Å²) in [5.41, 5.74) is 1.73. The van der Waals surface area contributed by atoms with E-state index >= 15 is 0 Å². The smallest absolute Gasteiger partial charge is 0.168 e. The zero-order valence-electron chi connectivity index (χ0n) is 12.5. The maximum atomic E-state index is 4.45. The minimum atomic E-state index is 0.00294. The minimum absolute atomic E-state index is 0.00294. The van der Waals surface area contributed by atoms with Gasteiger partial charge in [-0.1, -0.05) is 18.2 Å². The Bertz CT molecular complexity index is 912. The number of hydrogen-bond donors (Lipinski definition) is 2. The normalized spacial score (nSPS) is 12.4. The fourth-order valence-corrected chi connectivity index (χ4v) is 2.50. The zero-order chi connectivity index (χ0) is 15.6. The third kappa shape index (κ3) is 2.42. The van der Waals surface area contributed by atoms with Crippen LogP contribution >= 0.6 is 0 Å². The lowest BCUT2D eigenvalue weighted by Gasteiger charge is -2.12. The number of hydrogen-bond acceptors (Lipinski definition) is 5. The van der Waals surface area contributed by atoms with Gasteiger partial charge in [-0.2, -0.15) is 5.10 Å². The van der Waals surface area contributed by atoms with Gasteiger partial charge in [-0.3, -0.25) is 0 Å². The van der Waals surface area contributed by atoms with Crippen LogP contribution < -0.4 is 5.32 Å². The molecule has 0 aliphatic rings. The second-order valence-corrected chi connectivity index (χ2v) is 5.19. The number of anilines is 1. The monoisotopic (exact) mass is 305 g/mol. The number of imidazole rings is 1. The second kappa shape index (κ2) is 5.53. The summed E-state index contributed by atoms with van der Waals surface area (Å²) >= 11 is 0. The highest BCUT2D eigenvalue weighted by Crippen LogP contribution is 2.24. The van der Waals surface area contributed by atoms with E-state index in [1.807, 2.05) is 37.3 Å². The van der Waals surface area contributed by atoms with Crippen LogP contribution in [-0.2, 0) is 0 Å². The van der Waals surface area contributed by atoms with Crippen LogP contribution in [0.4, 0.5) is 5.82 Å². The lowest BCUT2D eigenvalue weighted by molar-refractivity contribution is 0.805. The number of aromatic amines is 1. The summed E-state index contributed by atoms with van der Waals surface area (Å²) < 4.78 is 1.81. The van der Waals surface area contributed by atoms with Gasteiger partial charge < -0.3 is 10.3 Å². The number of fused-ring (bicyclic) bond motifs is 1. The second-order valence-electron chi connectivity index (χ2n) is 5.19. The number of nitrogens with one attached hydrogen (secondary N) is 2. The highest BCUT2D eigenvalue weighted by Gasteiger charge is 2.14. The minimum Gasteiger partial charge on any atom is -0.360 e. The molecule has 0 fully saturated rings. The molecule has 7 nitrogen and oxygen atoms in total. The Kier molecular flexibility index (Phi) is 3.23. The van der Waals surface area contributed by atoms with Crippen molar-refractivity contribution in [2.24, 2.45) is 0 Å². The molecule has 0 spiro atoms. The van der Waals surface area contributed by atoms with Gasteiger partial charge in [0.05, 0.1) is 23.3 Å². The van der Waals surface area contributed by atoms with Crippen molar-refractivity contribution in [3.8, 4) is 5.69 Å². The molecule has 2 N–H and O–H groups in total. The molecule has 0 unspecified atom stereocenters. The first-order valence-electron chi connectivity index (χ1n) is 7.33. The van der Waals surface area contributed by atoms with E-state index in [1.54, 1.807) is 29.6 Å². The molecular formula is C16H15N7. The van der Waals surface area contributed by atoms with E-state index in [-0.39, 0.29) is 6.04 Å². The van der Waals surface area contributed by atoms with E-state index in [0.717, 1.165) is 28.4 Å². The molecule has 0 amide bonds. The van der Waals surface area contributed by atoms with Gasteiger partial charge in [-0.15, -0.1) is 0 Å². The van der Waals surface area contributed by atoms with Crippen molar-refractivity contribution in [2.75, 3.05) is 5.32 Å². The SMILES string of the molecule is C[C@H](Nc1ncnc2c1cnn2-c1ccccc1)c1ncc[nH]1. The van der Waals surface area contributed by atoms with Crippen LogP contribution in [0.3, 0.4) is 0 Å². The topological polar surface area (TPSA) is 84.3 Å². The first-order valence-corrected chi connectivity index (χ1v) is 7.33. The first kappa shape index (κ1) is 13.4. The number of para-hydroxylation sites is 1. The van der Waals surface area contributed by atoms with Crippen LogP contribution in [0, 0.1) is 0 Å². The zero-order valence-corrected chi connectivity index (χ0v) is 12.5. The van der Waals surface area contributed by atoms with Crippen molar-refractivity contribution in [1.82, 2.24) is 29.7 Å². The average Bonchev–Trinajstić information content (AvgIpc) is 3.26. The van der Waals surface area contributed by atoms with Gasteiger partial charge in [-0.05, 0) is 19.1 Å². The molecule has 0 saturated carbocycles. The molecule has 4 rings (SSSR count). The Morgan fingerprint density at radius 3 is 2.78 bits per heavy atom. The van der Waals surface area contributed by atoms with Crippen LogP contribution in [-0.4, -0.2) is 29.7 Å². The van der Waals surface area contributed by atoms with Crippen LogP contribution in [0.15, 0.2) is 55.2 Å². The predicted molar refractivity (Wildman–Crippen MR) is 87.3 cm³/mol. The fourth-order valence-electron chi connectivity index (χ4n) is 2.50. The molecule has 1 atom stereocenters. The molecule has 7 heteroatoms. The molecule has 0 radical (unpaired) electrons. The highest BCUT2D eigenvalue weighted by molar-refractivity contribution is 5.87. The Hall–Kier alpha value is -3.22. The molecule has 4 aromatic rings. The van der Waals surface area contributed by atoms with Crippen LogP contribution in [0.25, 0.3) is 16.7 Å². The fraction of sp³-hybridized carbons (Fsp3) is 0.125. The molecular weight excluding hydrogens is 290 g/mol. The van der Waals surface area contributed by atoms with E-state index in [1.165, 1.54) is 0 Å². The molecule has 1 aromatic carbocycles. The van der Waals surface area contributed by atoms with Gasteiger partial charge in [0.25, 0.3) is 0 Å². The number of H-pyrrole nitrogens is 1. The summed E-state index contributed by atoms with van der Waals surface area (Å²) in [6, 6.07) is 9.91. The quantitative estimate of drug-likeness (QED) is 0.605. The van der Waals surface area contributed by atoms with Crippen LogP contribution in [0.1, 0.15) is 18.8 Å². The van der Waals surface area contributed by atoms with Crippen LogP contribution in [0.5, 0.6) is 0 Å². The maximum Gasteiger partial charge on any atom is 0.168 e. The summed E-state index contributed by atoms with van der Waals surface area (Å²) in [5, 5.41) is 8.67. The molecule has 3 aromatic heterocycles. The predicted octanol–water partition coefficient (Wildman–Crippen LogP) is 2.71. The summed E-state index contributed by atoms with van der Waals surface area (Å²) in [4.78, 5) is 16.1. The third-order valence-corrected chi connectivity index (χ3v) is 3.65. The van der Waals surface area contributed by atoms with E-state index in [0.29, 0.717) is 0 Å². The molecule has 114 valence electrons. The first-order chi connectivity index (χ1) is 11.3. The molecule has 0 bridgehead atoms. The standard InChI is InChI=1S/C16H15N7/c1-11(14-17-7-8-18-14)22-15-13-9-21-23(16(13)20-10-19-15)12-5-3-2-4-6-12/h2-11H,1H3,(H,17,18)(H,19,20,22)/t11-/m0/s1. The summed E-state index contributed by atoms with van der Waals surface area (Å²) in [5.74, 6) is 1.59. The van der Waals surface area contributed by atoms with Gasteiger partial charge in [0.2, 0.25) is 0 Å². The van der Waals surface area contributed by atoms with Crippen LogP contribution in [0.2, 0.25) is 0 Å². The van der Waals surface area contributed by atoms with Gasteiger partial charge in [-0.25, -0.2) is 19.6 Å². The van der Waals surface area contributed by atoms with Gasteiger partial charge >= 0.3 is 0 Å². The van der Waals surface area contributed by atoms with E-state index in [2.05, 4.69) is 30.4 Å². The van der Waals surface area contributed by atoms with E-state index in [4.69, 9.17) is 0 Å². The summed E-state index contributed by atoms with van der Waals surface area (Å²) in [6.07, 6.45) is 6.85. The number of nitrogens with zero attached hydrogens (tertiary/aromatic N) is 5. The third-order valence-electron chi connectivity index (χ3n) is 3.65. The van der Waals surface area contributed by atoms with E-state index in [9.17, 15) is 0 Å². The van der Waals surface area contributed by atoms with Gasteiger partial charge in [0, 0.05) is 12.4 Å². The highest BCUT2D eigenvalue weighted by atomic mass is 15.3.